The van der Waals surface area contributed by atoms with Crippen molar-refractivity contribution in [2.45, 2.75) is 6.92 Å². The molecular weight excluding hydrogens is 433 g/mol. The van der Waals surface area contributed by atoms with Crippen molar-refractivity contribution in [1.82, 2.24) is 13.6 Å². The number of nitrogens with one attached hydrogen (secondary N) is 1. The minimum atomic E-state index is -1.75. The average molecular weight is 452 g/mol. The van der Waals surface area contributed by atoms with Gasteiger partial charge in [-0.15, -0.1) is 4.37 Å². The molecule has 31 heavy (non-hydrogen) atoms. The van der Waals surface area contributed by atoms with Crippen LogP contribution in [0.5, 0.6) is 5.88 Å². The number of ether oxygens (including phenoxy) is 1. The zero-order chi connectivity index (χ0) is 22.7. The van der Waals surface area contributed by atoms with Crippen LogP contribution in [0, 0.1) is 24.4 Å². The van der Waals surface area contributed by atoms with Gasteiger partial charge in [0.1, 0.15) is 12.3 Å². The zero-order valence-electron chi connectivity index (χ0n) is 16.9. The van der Waals surface area contributed by atoms with E-state index in [2.05, 4.69) is 14.1 Å². The standard InChI is InChI=1S/C20H19F3N4O3S/c1-10-8-11(17-19(26-31-25-17)30-7-6-27(2)3)4-5-14(10)24-18-12(20(28)29)9-13(21)15(22)16(18)23/h4-5,8-9,24H,6-7H2,1-3H3,(H,28,29). The monoisotopic (exact) mass is 452 g/mol. The summed E-state index contributed by atoms with van der Waals surface area (Å²) in [5.41, 5.74) is 0.731. The van der Waals surface area contributed by atoms with Gasteiger partial charge >= 0.3 is 5.97 Å². The molecule has 1 heterocycles. The van der Waals surface area contributed by atoms with Gasteiger partial charge in [-0.25, -0.2) is 18.0 Å². The molecule has 0 saturated heterocycles. The number of halogens is 3. The summed E-state index contributed by atoms with van der Waals surface area (Å²) in [5, 5.41) is 11.8. The van der Waals surface area contributed by atoms with Gasteiger partial charge in [0.05, 0.1) is 23.0 Å². The molecule has 0 saturated carbocycles. The van der Waals surface area contributed by atoms with Crippen LogP contribution in [0.1, 0.15) is 15.9 Å². The quantitative estimate of drug-likeness (QED) is 0.493. The fourth-order valence-electron chi connectivity index (χ4n) is 2.75. The first-order valence-electron chi connectivity index (χ1n) is 9.08. The molecular formula is C20H19F3N4O3S. The van der Waals surface area contributed by atoms with Gasteiger partial charge in [-0.1, -0.05) is 6.07 Å². The summed E-state index contributed by atoms with van der Waals surface area (Å²) >= 11 is 0.996. The number of nitrogens with zero attached hydrogens (tertiary/aromatic N) is 3. The number of likely N-dealkylation sites (N-methyl/N-ethyl adjacent to an activating group) is 1. The van der Waals surface area contributed by atoms with E-state index < -0.39 is 34.7 Å². The van der Waals surface area contributed by atoms with E-state index >= 15 is 0 Å². The smallest absolute Gasteiger partial charge is 0.338 e. The molecule has 2 aromatic carbocycles. The van der Waals surface area contributed by atoms with Crippen molar-refractivity contribution in [3.63, 3.8) is 0 Å². The number of aromatic nitrogens is 2. The van der Waals surface area contributed by atoms with Crippen LogP contribution < -0.4 is 10.1 Å². The maximum atomic E-state index is 14.3. The minimum Gasteiger partial charge on any atom is -0.478 e. The highest BCUT2D eigenvalue weighted by Gasteiger charge is 2.23. The van der Waals surface area contributed by atoms with E-state index in [9.17, 15) is 23.1 Å². The first-order chi connectivity index (χ1) is 14.7. The number of carboxylic acids is 1. The number of carboxylic acid groups (broad SMARTS) is 1. The van der Waals surface area contributed by atoms with E-state index in [1.165, 1.54) is 0 Å². The summed E-state index contributed by atoms with van der Waals surface area (Å²) in [5.74, 6) is -6.16. The Morgan fingerprint density at radius 1 is 1.19 bits per heavy atom. The van der Waals surface area contributed by atoms with E-state index in [4.69, 9.17) is 4.74 Å². The second-order valence-electron chi connectivity index (χ2n) is 6.94. The van der Waals surface area contributed by atoms with Crippen LogP contribution in [0.15, 0.2) is 24.3 Å². The second-order valence-corrected chi connectivity index (χ2v) is 7.47. The molecule has 7 nitrogen and oxygen atoms in total. The van der Waals surface area contributed by atoms with Crippen molar-refractivity contribution in [1.29, 1.82) is 0 Å². The van der Waals surface area contributed by atoms with E-state index in [0.717, 1.165) is 11.7 Å². The Hall–Kier alpha value is -3.18. The number of hydrogen-bond acceptors (Lipinski definition) is 7. The Morgan fingerprint density at radius 2 is 1.94 bits per heavy atom. The number of aromatic carboxylic acids is 1. The number of aryl methyl sites for hydroxylation is 1. The number of carbonyl (C=O) groups is 1. The molecule has 0 amide bonds. The minimum absolute atomic E-state index is 0.314. The number of anilines is 2. The number of rotatable bonds is 8. The highest BCUT2D eigenvalue weighted by molar-refractivity contribution is 6.99. The van der Waals surface area contributed by atoms with Crippen molar-refractivity contribution in [2.24, 2.45) is 0 Å². The van der Waals surface area contributed by atoms with E-state index in [-0.39, 0.29) is 0 Å². The van der Waals surface area contributed by atoms with Gasteiger partial charge in [-0.2, -0.15) is 4.37 Å². The summed E-state index contributed by atoms with van der Waals surface area (Å²) in [6, 6.07) is 5.37. The summed E-state index contributed by atoms with van der Waals surface area (Å²) in [6.45, 7) is 2.82. The highest BCUT2D eigenvalue weighted by atomic mass is 32.1. The third-order valence-electron chi connectivity index (χ3n) is 4.39. The van der Waals surface area contributed by atoms with Crippen LogP contribution in [0.2, 0.25) is 0 Å². The van der Waals surface area contributed by atoms with Crippen LogP contribution >= 0.6 is 11.7 Å². The normalized spacial score (nSPS) is 11.1. The topological polar surface area (TPSA) is 87.6 Å². The lowest BCUT2D eigenvalue weighted by Crippen LogP contribution is -2.19. The van der Waals surface area contributed by atoms with Gasteiger partial charge in [0.2, 0.25) is 0 Å². The fraction of sp³-hybridized carbons (Fsp3) is 0.250. The summed E-state index contributed by atoms with van der Waals surface area (Å²) in [7, 11) is 3.84. The van der Waals surface area contributed by atoms with Crippen LogP contribution in [0.4, 0.5) is 24.5 Å². The molecule has 0 atom stereocenters. The molecule has 0 aliphatic rings. The van der Waals surface area contributed by atoms with Gasteiger partial charge in [0.25, 0.3) is 5.88 Å². The molecule has 0 bridgehead atoms. The van der Waals surface area contributed by atoms with E-state index in [0.29, 0.717) is 47.6 Å². The predicted molar refractivity (Wildman–Crippen MR) is 111 cm³/mol. The van der Waals surface area contributed by atoms with Crippen molar-refractivity contribution in [2.75, 3.05) is 32.6 Å². The van der Waals surface area contributed by atoms with Crippen molar-refractivity contribution >= 4 is 29.1 Å². The van der Waals surface area contributed by atoms with Crippen LogP contribution in [0.25, 0.3) is 11.3 Å². The molecule has 0 aliphatic heterocycles. The molecule has 0 fully saturated rings. The van der Waals surface area contributed by atoms with Crippen LogP contribution in [0.3, 0.4) is 0 Å². The highest BCUT2D eigenvalue weighted by Crippen LogP contribution is 2.33. The summed E-state index contributed by atoms with van der Waals surface area (Å²) in [6.07, 6.45) is 0. The second kappa shape index (κ2) is 9.31. The van der Waals surface area contributed by atoms with Gasteiger partial charge in [0.15, 0.2) is 17.5 Å². The van der Waals surface area contributed by atoms with Gasteiger partial charge in [0, 0.05) is 17.8 Å². The van der Waals surface area contributed by atoms with Crippen molar-refractivity contribution < 1.29 is 27.8 Å². The summed E-state index contributed by atoms with van der Waals surface area (Å²) in [4.78, 5) is 13.3. The molecule has 11 heteroatoms. The fourth-order valence-corrected chi connectivity index (χ4v) is 3.27. The van der Waals surface area contributed by atoms with Gasteiger partial charge in [-0.05, 0) is 44.8 Å². The Balaban J connectivity index is 1.90. The average Bonchev–Trinajstić information content (AvgIpc) is 3.17. The molecule has 3 aromatic rings. The molecule has 1 aromatic heterocycles. The SMILES string of the molecule is Cc1cc(-c2nsnc2OCCN(C)C)ccc1Nc1c(C(=O)O)cc(F)c(F)c1F. The van der Waals surface area contributed by atoms with Gasteiger partial charge < -0.3 is 20.1 Å². The molecule has 164 valence electrons. The Morgan fingerprint density at radius 3 is 2.58 bits per heavy atom. The maximum absolute atomic E-state index is 14.3. The van der Waals surface area contributed by atoms with Gasteiger partial charge in [-0.3, -0.25) is 0 Å². The van der Waals surface area contributed by atoms with Crippen LogP contribution in [-0.2, 0) is 0 Å². The molecule has 0 spiro atoms. The largest absolute Gasteiger partial charge is 0.478 e. The Bertz CT molecular complexity index is 1120. The lowest BCUT2D eigenvalue weighted by molar-refractivity contribution is 0.0696. The Kier molecular flexibility index (Phi) is 6.76. The van der Waals surface area contributed by atoms with Crippen molar-refractivity contribution in [3.8, 4) is 17.1 Å². The molecule has 3 rings (SSSR count). The number of hydrogen-bond donors (Lipinski definition) is 2. The zero-order valence-corrected chi connectivity index (χ0v) is 17.7. The molecule has 0 unspecified atom stereocenters. The number of benzene rings is 2. The summed E-state index contributed by atoms with van der Waals surface area (Å²) < 4.78 is 55.5. The van der Waals surface area contributed by atoms with E-state index in [1.807, 2.05) is 19.0 Å². The third-order valence-corrected chi connectivity index (χ3v) is 4.90. The predicted octanol–water partition coefficient (Wildman–Crippen LogP) is 4.31. The Labute approximate surface area is 180 Å². The maximum Gasteiger partial charge on any atom is 0.338 e. The van der Waals surface area contributed by atoms with E-state index in [1.54, 1.807) is 25.1 Å². The lowest BCUT2D eigenvalue weighted by Gasteiger charge is -2.15. The van der Waals surface area contributed by atoms with Crippen molar-refractivity contribution in [3.05, 3.63) is 52.8 Å². The lowest BCUT2D eigenvalue weighted by atomic mass is 10.1. The molecule has 0 aliphatic carbocycles. The first-order valence-corrected chi connectivity index (χ1v) is 9.81. The first kappa shape index (κ1) is 22.5. The van der Waals surface area contributed by atoms with Crippen LogP contribution in [-0.4, -0.2) is 52.0 Å². The third kappa shape index (κ3) is 4.94. The molecule has 0 radical (unpaired) electrons. The molecule has 2 N–H and O–H groups in total.